The number of carbonyl (C=O) groups is 1. The number of ether oxygens (including phenoxy) is 1. The smallest absolute Gasteiger partial charge is 0.247 e. The lowest BCUT2D eigenvalue weighted by molar-refractivity contribution is -0.116. The van der Waals surface area contributed by atoms with Crippen LogP contribution in [0, 0.1) is 0 Å². The fourth-order valence-electron chi connectivity index (χ4n) is 2.86. The van der Waals surface area contributed by atoms with E-state index >= 15 is 0 Å². The van der Waals surface area contributed by atoms with Gasteiger partial charge in [0.1, 0.15) is 17.5 Å². The van der Waals surface area contributed by atoms with Gasteiger partial charge in [0.05, 0.1) is 11.9 Å². The summed E-state index contributed by atoms with van der Waals surface area (Å²) in [7, 11) is -3.69. The number of para-hydroxylation sites is 2. The molecule has 1 atom stereocenters. The average molecular weight is 410 g/mol. The van der Waals surface area contributed by atoms with Crippen LogP contribution in [0.5, 0.6) is 11.5 Å². The molecule has 0 fully saturated rings. The third-order valence-electron chi connectivity index (χ3n) is 4.20. The molecule has 150 valence electrons. The maximum absolute atomic E-state index is 12.6. The predicted octanol–water partition coefficient (Wildman–Crippen LogP) is 4.27. The molecule has 3 aromatic carbocycles. The molecule has 0 heterocycles. The minimum atomic E-state index is -3.69. The maximum atomic E-state index is 12.6. The zero-order valence-corrected chi connectivity index (χ0v) is 17.0. The van der Waals surface area contributed by atoms with Crippen molar-refractivity contribution in [2.45, 2.75) is 13.0 Å². The van der Waals surface area contributed by atoms with E-state index in [0.717, 1.165) is 10.6 Å². The molecular formula is C22H22N2O4S. The minimum Gasteiger partial charge on any atom is -0.457 e. The Balaban J connectivity index is 1.80. The van der Waals surface area contributed by atoms with Gasteiger partial charge in [-0.3, -0.25) is 9.10 Å². The molecule has 0 aromatic heterocycles. The summed E-state index contributed by atoms with van der Waals surface area (Å²) in [6.45, 7) is 1.55. The van der Waals surface area contributed by atoms with Gasteiger partial charge in [0.2, 0.25) is 15.9 Å². The van der Waals surface area contributed by atoms with Crippen molar-refractivity contribution in [3.8, 4) is 11.5 Å². The highest BCUT2D eigenvalue weighted by molar-refractivity contribution is 7.92. The van der Waals surface area contributed by atoms with Gasteiger partial charge in [-0.25, -0.2) is 8.42 Å². The van der Waals surface area contributed by atoms with Crippen LogP contribution in [0.15, 0.2) is 84.9 Å². The van der Waals surface area contributed by atoms with Crippen molar-refractivity contribution < 1.29 is 17.9 Å². The van der Waals surface area contributed by atoms with E-state index < -0.39 is 22.0 Å². The van der Waals surface area contributed by atoms with Crippen LogP contribution >= 0.6 is 0 Å². The SMILES string of the molecule is CC(C(=O)Nc1ccccc1)N(c1ccc(Oc2ccccc2)cc1)S(C)(=O)=O. The van der Waals surface area contributed by atoms with E-state index in [9.17, 15) is 13.2 Å². The lowest BCUT2D eigenvalue weighted by Crippen LogP contribution is -2.45. The van der Waals surface area contributed by atoms with Gasteiger partial charge >= 0.3 is 0 Å². The van der Waals surface area contributed by atoms with Crippen LogP contribution in [0.1, 0.15) is 6.92 Å². The first-order chi connectivity index (χ1) is 13.8. The first kappa shape index (κ1) is 20.4. The van der Waals surface area contributed by atoms with E-state index in [2.05, 4.69) is 5.32 Å². The normalized spacial score (nSPS) is 12.1. The Labute approximate surface area is 170 Å². The van der Waals surface area contributed by atoms with Gasteiger partial charge in [0, 0.05) is 5.69 Å². The summed E-state index contributed by atoms with van der Waals surface area (Å²) in [5.74, 6) is 0.817. The van der Waals surface area contributed by atoms with Gasteiger partial charge in [-0.1, -0.05) is 36.4 Å². The van der Waals surface area contributed by atoms with Crippen molar-refractivity contribution in [3.05, 3.63) is 84.9 Å². The second-order valence-electron chi connectivity index (χ2n) is 6.50. The molecule has 0 bridgehead atoms. The molecule has 1 N–H and O–H groups in total. The summed E-state index contributed by atoms with van der Waals surface area (Å²) in [6, 6.07) is 23.8. The number of benzene rings is 3. The number of rotatable bonds is 7. The summed E-state index contributed by atoms with van der Waals surface area (Å²) < 4.78 is 31.7. The molecule has 1 amide bonds. The van der Waals surface area contributed by atoms with Crippen LogP contribution in [0.2, 0.25) is 0 Å². The summed E-state index contributed by atoms with van der Waals surface area (Å²) >= 11 is 0. The zero-order valence-electron chi connectivity index (χ0n) is 16.1. The summed E-state index contributed by atoms with van der Waals surface area (Å²) in [5, 5.41) is 2.74. The van der Waals surface area contributed by atoms with Gasteiger partial charge in [0.25, 0.3) is 0 Å². The molecule has 0 aliphatic rings. The summed E-state index contributed by atoms with van der Waals surface area (Å²) in [4.78, 5) is 12.6. The van der Waals surface area contributed by atoms with Crippen molar-refractivity contribution in [3.63, 3.8) is 0 Å². The van der Waals surface area contributed by atoms with Gasteiger partial charge in [-0.15, -0.1) is 0 Å². The van der Waals surface area contributed by atoms with Gasteiger partial charge < -0.3 is 10.1 Å². The predicted molar refractivity (Wildman–Crippen MR) is 115 cm³/mol. The second kappa shape index (κ2) is 8.79. The molecule has 3 rings (SSSR count). The van der Waals surface area contributed by atoms with Crippen molar-refractivity contribution in [1.82, 2.24) is 0 Å². The number of hydrogen-bond acceptors (Lipinski definition) is 4. The Morgan fingerprint density at radius 1 is 0.862 bits per heavy atom. The Morgan fingerprint density at radius 2 is 1.38 bits per heavy atom. The summed E-state index contributed by atoms with van der Waals surface area (Å²) in [5.41, 5.74) is 0.980. The maximum Gasteiger partial charge on any atom is 0.247 e. The van der Waals surface area contributed by atoms with E-state index in [-0.39, 0.29) is 0 Å². The second-order valence-corrected chi connectivity index (χ2v) is 8.36. The molecular weight excluding hydrogens is 388 g/mol. The van der Waals surface area contributed by atoms with Crippen LogP contribution in [0.25, 0.3) is 0 Å². The minimum absolute atomic E-state index is 0.378. The molecule has 0 spiro atoms. The largest absolute Gasteiger partial charge is 0.457 e. The van der Waals surface area contributed by atoms with E-state index in [0.29, 0.717) is 22.9 Å². The Morgan fingerprint density at radius 3 is 1.93 bits per heavy atom. The highest BCUT2D eigenvalue weighted by atomic mass is 32.2. The molecule has 29 heavy (non-hydrogen) atoms. The van der Waals surface area contributed by atoms with Crippen LogP contribution < -0.4 is 14.4 Å². The Bertz CT molecular complexity index is 1050. The number of sulfonamides is 1. The van der Waals surface area contributed by atoms with Crippen molar-refractivity contribution in [2.75, 3.05) is 15.9 Å². The fourth-order valence-corrected chi connectivity index (χ4v) is 4.04. The van der Waals surface area contributed by atoms with E-state index in [4.69, 9.17) is 4.74 Å². The number of anilines is 2. The first-order valence-electron chi connectivity index (χ1n) is 9.03. The van der Waals surface area contributed by atoms with Crippen LogP contribution in [0.4, 0.5) is 11.4 Å². The number of amides is 1. The van der Waals surface area contributed by atoms with Crippen LogP contribution in [0.3, 0.4) is 0 Å². The van der Waals surface area contributed by atoms with E-state index in [1.165, 1.54) is 0 Å². The third-order valence-corrected chi connectivity index (χ3v) is 5.44. The van der Waals surface area contributed by atoms with Crippen molar-refractivity contribution in [2.24, 2.45) is 0 Å². The molecule has 1 unspecified atom stereocenters. The summed E-state index contributed by atoms with van der Waals surface area (Å²) in [6.07, 6.45) is 1.08. The molecule has 6 nitrogen and oxygen atoms in total. The monoisotopic (exact) mass is 410 g/mol. The number of nitrogens with zero attached hydrogens (tertiary/aromatic N) is 1. The van der Waals surface area contributed by atoms with Gasteiger partial charge in [0.15, 0.2) is 0 Å². The lowest BCUT2D eigenvalue weighted by Gasteiger charge is -2.28. The molecule has 0 aliphatic heterocycles. The molecule has 3 aromatic rings. The first-order valence-corrected chi connectivity index (χ1v) is 10.9. The highest BCUT2D eigenvalue weighted by Gasteiger charge is 2.29. The standard InChI is InChI=1S/C22H22N2O4S/c1-17(22(25)23-18-9-5-3-6-10-18)24(29(2,26)27)19-13-15-21(16-14-19)28-20-11-7-4-8-12-20/h3-17H,1-2H3,(H,23,25). The molecule has 0 radical (unpaired) electrons. The topological polar surface area (TPSA) is 75.7 Å². The molecule has 0 saturated heterocycles. The average Bonchev–Trinajstić information content (AvgIpc) is 2.70. The quantitative estimate of drug-likeness (QED) is 0.631. The van der Waals surface area contributed by atoms with Gasteiger partial charge in [-0.05, 0) is 55.5 Å². The lowest BCUT2D eigenvalue weighted by atomic mass is 10.2. The third kappa shape index (κ3) is 5.36. The van der Waals surface area contributed by atoms with E-state index in [1.807, 2.05) is 36.4 Å². The highest BCUT2D eigenvalue weighted by Crippen LogP contribution is 2.27. The Kier molecular flexibility index (Phi) is 6.19. The Hall–Kier alpha value is -3.32. The van der Waals surface area contributed by atoms with E-state index in [1.54, 1.807) is 55.5 Å². The van der Waals surface area contributed by atoms with Gasteiger partial charge in [-0.2, -0.15) is 0 Å². The number of carbonyl (C=O) groups excluding carboxylic acids is 1. The van der Waals surface area contributed by atoms with Crippen molar-refractivity contribution >= 4 is 27.3 Å². The zero-order chi connectivity index (χ0) is 20.9. The fraction of sp³-hybridized carbons (Fsp3) is 0.136. The number of hydrogen-bond donors (Lipinski definition) is 1. The van der Waals surface area contributed by atoms with Crippen molar-refractivity contribution in [1.29, 1.82) is 0 Å². The van der Waals surface area contributed by atoms with Crippen LogP contribution in [-0.2, 0) is 14.8 Å². The number of nitrogens with one attached hydrogen (secondary N) is 1. The molecule has 0 aliphatic carbocycles. The molecule has 0 saturated carbocycles. The molecule has 7 heteroatoms. The van der Waals surface area contributed by atoms with Crippen LogP contribution in [-0.4, -0.2) is 26.6 Å².